The lowest BCUT2D eigenvalue weighted by Crippen LogP contribution is -2.30. The van der Waals surface area contributed by atoms with Crippen LogP contribution >= 0.6 is 0 Å². The van der Waals surface area contributed by atoms with Crippen LogP contribution in [0.1, 0.15) is 31.0 Å². The van der Waals surface area contributed by atoms with E-state index in [9.17, 15) is 0 Å². The highest BCUT2D eigenvalue weighted by Crippen LogP contribution is 2.13. The monoisotopic (exact) mass is 239 g/mol. The van der Waals surface area contributed by atoms with Gasteiger partial charge in [-0.2, -0.15) is 0 Å². The molecule has 0 saturated carbocycles. The third-order valence-corrected chi connectivity index (χ3v) is 3.22. The molecule has 1 N–H and O–H groups in total. The highest BCUT2D eigenvalue weighted by atomic mass is 14.9. The van der Waals surface area contributed by atoms with Crippen LogP contribution in [0.15, 0.2) is 60.7 Å². The van der Waals surface area contributed by atoms with Crippen LogP contribution in [0.2, 0.25) is 0 Å². The highest BCUT2D eigenvalue weighted by molar-refractivity contribution is 5.19. The largest absolute Gasteiger partial charge is 0.307 e. The van der Waals surface area contributed by atoms with Crippen molar-refractivity contribution in [3.8, 4) is 0 Å². The molecule has 2 atom stereocenters. The van der Waals surface area contributed by atoms with Gasteiger partial charge in [-0.05, 0) is 31.4 Å². The minimum absolute atomic E-state index is 0.393. The van der Waals surface area contributed by atoms with Crippen molar-refractivity contribution in [2.45, 2.75) is 32.4 Å². The zero-order valence-corrected chi connectivity index (χ0v) is 11.1. The van der Waals surface area contributed by atoms with E-state index in [1.54, 1.807) is 0 Å². The van der Waals surface area contributed by atoms with Crippen LogP contribution in [-0.4, -0.2) is 6.04 Å². The minimum atomic E-state index is 0.393. The molecular weight excluding hydrogens is 218 g/mol. The molecule has 2 aromatic carbocycles. The van der Waals surface area contributed by atoms with Gasteiger partial charge in [0.15, 0.2) is 0 Å². The van der Waals surface area contributed by atoms with Gasteiger partial charge in [0.1, 0.15) is 0 Å². The second kappa shape index (κ2) is 6.36. The van der Waals surface area contributed by atoms with Gasteiger partial charge in [0, 0.05) is 12.1 Å². The number of hydrogen-bond acceptors (Lipinski definition) is 1. The Morgan fingerprint density at radius 3 is 2.00 bits per heavy atom. The molecule has 1 nitrogen and oxygen atoms in total. The number of nitrogens with one attached hydrogen (secondary N) is 1. The van der Waals surface area contributed by atoms with Crippen LogP contribution in [0.4, 0.5) is 0 Å². The van der Waals surface area contributed by atoms with E-state index in [1.165, 1.54) is 11.1 Å². The smallest absolute Gasteiger partial charge is 0.0294 e. The first-order chi connectivity index (χ1) is 8.75. The lowest BCUT2D eigenvalue weighted by molar-refractivity contribution is 0.477. The molecule has 2 aromatic rings. The number of hydrogen-bond donors (Lipinski definition) is 1. The second-order valence-electron chi connectivity index (χ2n) is 4.89. The molecule has 0 unspecified atom stereocenters. The van der Waals surface area contributed by atoms with Gasteiger partial charge in [0.2, 0.25) is 0 Å². The van der Waals surface area contributed by atoms with E-state index in [2.05, 4.69) is 79.8 Å². The molecular formula is C17H21N. The Labute approximate surface area is 110 Å². The summed E-state index contributed by atoms with van der Waals surface area (Å²) in [6, 6.07) is 22.1. The van der Waals surface area contributed by atoms with Crippen molar-refractivity contribution in [1.82, 2.24) is 5.32 Å². The molecule has 18 heavy (non-hydrogen) atoms. The van der Waals surface area contributed by atoms with Crippen LogP contribution in [-0.2, 0) is 6.42 Å². The maximum Gasteiger partial charge on any atom is 0.0294 e. The van der Waals surface area contributed by atoms with Gasteiger partial charge >= 0.3 is 0 Å². The molecule has 0 aromatic heterocycles. The van der Waals surface area contributed by atoms with Crippen molar-refractivity contribution in [2.24, 2.45) is 0 Å². The van der Waals surface area contributed by atoms with Crippen LogP contribution in [0.5, 0.6) is 0 Å². The molecule has 0 fully saturated rings. The summed E-state index contributed by atoms with van der Waals surface area (Å²) in [5.74, 6) is 0. The Morgan fingerprint density at radius 1 is 0.833 bits per heavy atom. The molecule has 0 aliphatic heterocycles. The minimum Gasteiger partial charge on any atom is -0.307 e. The maximum absolute atomic E-state index is 3.64. The average Bonchev–Trinajstić information content (AvgIpc) is 2.40. The molecule has 0 aliphatic rings. The Bertz CT molecular complexity index is 450. The fraction of sp³-hybridized carbons (Fsp3) is 0.294. The first-order valence-corrected chi connectivity index (χ1v) is 6.60. The second-order valence-corrected chi connectivity index (χ2v) is 4.89. The Hall–Kier alpha value is -1.60. The van der Waals surface area contributed by atoms with Crippen LogP contribution < -0.4 is 5.32 Å². The quantitative estimate of drug-likeness (QED) is 0.832. The molecule has 0 radical (unpaired) electrons. The summed E-state index contributed by atoms with van der Waals surface area (Å²) in [4.78, 5) is 0. The van der Waals surface area contributed by atoms with E-state index in [0.717, 1.165) is 6.42 Å². The van der Waals surface area contributed by atoms with Crippen molar-refractivity contribution in [3.63, 3.8) is 0 Å². The summed E-state index contributed by atoms with van der Waals surface area (Å²) in [5.41, 5.74) is 2.73. The fourth-order valence-corrected chi connectivity index (χ4v) is 2.29. The number of rotatable bonds is 5. The van der Waals surface area contributed by atoms with E-state index < -0.39 is 0 Å². The Balaban J connectivity index is 1.90. The molecule has 1 heteroatoms. The lowest BCUT2D eigenvalue weighted by Gasteiger charge is -2.20. The molecule has 0 heterocycles. The summed E-state index contributed by atoms with van der Waals surface area (Å²) in [7, 11) is 0. The molecule has 2 rings (SSSR count). The van der Waals surface area contributed by atoms with E-state index in [4.69, 9.17) is 0 Å². The van der Waals surface area contributed by atoms with Gasteiger partial charge in [-0.15, -0.1) is 0 Å². The molecule has 0 saturated heterocycles. The van der Waals surface area contributed by atoms with Gasteiger partial charge < -0.3 is 5.32 Å². The van der Waals surface area contributed by atoms with E-state index in [-0.39, 0.29) is 0 Å². The van der Waals surface area contributed by atoms with Gasteiger partial charge in [0.25, 0.3) is 0 Å². The van der Waals surface area contributed by atoms with Crippen LogP contribution in [0.3, 0.4) is 0 Å². The Kier molecular flexibility index (Phi) is 4.54. The van der Waals surface area contributed by atoms with Crippen molar-refractivity contribution in [3.05, 3.63) is 71.8 Å². The third kappa shape index (κ3) is 3.71. The summed E-state index contributed by atoms with van der Waals surface area (Å²) in [6.07, 6.45) is 1.07. The first kappa shape index (κ1) is 12.8. The molecule has 0 bridgehead atoms. The molecule has 0 amide bonds. The summed E-state index contributed by atoms with van der Waals surface area (Å²) >= 11 is 0. The van der Waals surface area contributed by atoms with Gasteiger partial charge in [-0.3, -0.25) is 0 Å². The number of benzene rings is 2. The topological polar surface area (TPSA) is 12.0 Å². The zero-order chi connectivity index (χ0) is 12.8. The lowest BCUT2D eigenvalue weighted by atomic mass is 10.0. The van der Waals surface area contributed by atoms with E-state index >= 15 is 0 Å². The average molecular weight is 239 g/mol. The van der Waals surface area contributed by atoms with Crippen molar-refractivity contribution in [1.29, 1.82) is 0 Å². The van der Waals surface area contributed by atoms with Gasteiger partial charge in [0.05, 0.1) is 0 Å². The van der Waals surface area contributed by atoms with Crippen LogP contribution in [0.25, 0.3) is 0 Å². The SMILES string of the molecule is C[C@@H](Cc1ccccc1)N[C@H](C)c1ccccc1. The fourth-order valence-electron chi connectivity index (χ4n) is 2.29. The molecule has 94 valence electrons. The van der Waals surface area contributed by atoms with Gasteiger partial charge in [-0.1, -0.05) is 60.7 Å². The standard InChI is InChI=1S/C17H21N/c1-14(13-16-9-5-3-6-10-16)18-15(2)17-11-7-4-8-12-17/h3-12,14-15,18H,13H2,1-2H3/t14-,15+/m0/s1. The summed E-state index contributed by atoms with van der Waals surface area (Å²) in [5, 5.41) is 3.64. The normalized spacial score (nSPS) is 14.1. The molecule has 0 spiro atoms. The zero-order valence-electron chi connectivity index (χ0n) is 11.1. The maximum atomic E-state index is 3.64. The summed E-state index contributed by atoms with van der Waals surface area (Å²) < 4.78 is 0. The van der Waals surface area contributed by atoms with Gasteiger partial charge in [-0.25, -0.2) is 0 Å². The van der Waals surface area contributed by atoms with E-state index in [0.29, 0.717) is 12.1 Å². The van der Waals surface area contributed by atoms with Crippen molar-refractivity contribution in [2.75, 3.05) is 0 Å². The van der Waals surface area contributed by atoms with Crippen LogP contribution in [0, 0.1) is 0 Å². The predicted molar refractivity (Wildman–Crippen MR) is 77.6 cm³/mol. The summed E-state index contributed by atoms with van der Waals surface area (Å²) in [6.45, 7) is 4.46. The highest BCUT2D eigenvalue weighted by Gasteiger charge is 2.09. The predicted octanol–water partition coefficient (Wildman–Crippen LogP) is 3.97. The van der Waals surface area contributed by atoms with Crippen molar-refractivity contribution >= 4 is 0 Å². The third-order valence-electron chi connectivity index (χ3n) is 3.22. The Morgan fingerprint density at radius 2 is 1.39 bits per heavy atom. The first-order valence-electron chi connectivity index (χ1n) is 6.60. The van der Waals surface area contributed by atoms with E-state index in [1.807, 2.05) is 0 Å². The van der Waals surface area contributed by atoms with Crippen molar-refractivity contribution < 1.29 is 0 Å². The molecule has 0 aliphatic carbocycles.